The van der Waals surface area contributed by atoms with Crippen molar-refractivity contribution in [1.82, 2.24) is 4.57 Å². The fourth-order valence-electron chi connectivity index (χ4n) is 1.33. The second kappa shape index (κ2) is 4.13. The molecule has 0 aliphatic rings. The molecule has 0 fully saturated rings. The standard InChI is InChI=1S/C11H9F2NO/c12-11(13)15-10-5-3-4-9(8-10)14-6-1-2-7-14/h1-8,11H. The molecule has 0 N–H and O–H groups in total. The van der Waals surface area contributed by atoms with Gasteiger partial charge in [-0.05, 0) is 24.3 Å². The van der Waals surface area contributed by atoms with Crippen molar-refractivity contribution in [3.05, 3.63) is 48.8 Å². The quantitative estimate of drug-likeness (QED) is 0.757. The molecule has 78 valence electrons. The highest BCUT2D eigenvalue weighted by atomic mass is 19.3. The lowest BCUT2D eigenvalue weighted by Crippen LogP contribution is -2.02. The highest BCUT2D eigenvalue weighted by Crippen LogP contribution is 2.18. The van der Waals surface area contributed by atoms with E-state index >= 15 is 0 Å². The van der Waals surface area contributed by atoms with Crippen molar-refractivity contribution >= 4 is 0 Å². The zero-order valence-electron chi connectivity index (χ0n) is 7.81. The van der Waals surface area contributed by atoms with Crippen LogP contribution in [0.25, 0.3) is 5.69 Å². The Labute approximate surface area is 85.7 Å². The minimum absolute atomic E-state index is 0.163. The molecule has 0 unspecified atom stereocenters. The number of alkyl halides is 2. The number of nitrogens with zero attached hydrogens (tertiary/aromatic N) is 1. The van der Waals surface area contributed by atoms with E-state index in [0.717, 1.165) is 5.69 Å². The van der Waals surface area contributed by atoms with E-state index in [-0.39, 0.29) is 5.75 Å². The fourth-order valence-corrected chi connectivity index (χ4v) is 1.33. The Hall–Kier alpha value is -1.84. The van der Waals surface area contributed by atoms with Gasteiger partial charge in [0.05, 0.1) is 0 Å². The number of halogens is 2. The van der Waals surface area contributed by atoms with Gasteiger partial charge in [0.25, 0.3) is 0 Å². The van der Waals surface area contributed by atoms with Crippen LogP contribution < -0.4 is 4.74 Å². The zero-order chi connectivity index (χ0) is 10.7. The van der Waals surface area contributed by atoms with E-state index in [1.807, 2.05) is 35.2 Å². The molecule has 15 heavy (non-hydrogen) atoms. The predicted molar refractivity (Wildman–Crippen MR) is 52.4 cm³/mol. The lowest BCUT2D eigenvalue weighted by molar-refractivity contribution is -0.0498. The van der Waals surface area contributed by atoms with Gasteiger partial charge in [0, 0.05) is 24.1 Å². The van der Waals surface area contributed by atoms with Gasteiger partial charge in [0.1, 0.15) is 5.75 Å². The van der Waals surface area contributed by atoms with Crippen LogP contribution in [0.4, 0.5) is 8.78 Å². The molecule has 2 aromatic rings. The molecule has 4 heteroatoms. The molecule has 1 heterocycles. The molecule has 0 aliphatic carbocycles. The first-order chi connectivity index (χ1) is 7.25. The monoisotopic (exact) mass is 209 g/mol. The van der Waals surface area contributed by atoms with Gasteiger partial charge in [0.2, 0.25) is 0 Å². The van der Waals surface area contributed by atoms with Crippen molar-refractivity contribution in [1.29, 1.82) is 0 Å². The van der Waals surface area contributed by atoms with Crippen molar-refractivity contribution in [3.8, 4) is 11.4 Å². The Morgan fingerprint density at radius 2 is 1.80 bits per heavy atom. The van der Waals surface area contributed by atoms with E-state index in [4.69, 9.17) is 0 Å². The van der Waals surface area contributed by atoms with Gasteiger partial charge in [-0.1, -0.05) is 6.07 Å². The lowest BCUT2D eigenvalue weighted by Gasteiger charge is -2.07. The topological polar surface area (TPSA) is 14.2 Å². The molecule has 0 aliphatic heterocycles. The number of benzene rings is 1. The van der Waals surface area contributed by atoms with Crippen LogP contribution in [0.15, 0.2) is 48.8 Å². The summed E-state index contributed by atoms with van der Waals surface area (Å²) in [5, 5.41) is 0. The number of ether oxygens (including phenoxy) is 1. The van der Waals surface area contributed by atoms with Gasteiger partial charge >= 0.3 is 6.61 Å². The SMILES string of the molecule is FC(F)Oc1cccc(-n2cccc2)c1. The Morgan fingerprint density at radius 1 is 1.07 bits per heavy atom. The zero-order valence-corrected chi connectivity index (χ0v) is 7.81. The number of aromatic nitrogens is 1. The van der Waals surface area contributed by atoms with E-state index in [0.29, 0.717) is 0 Å². The second-order valence-corrected chi connectivity index (χ2v) is 2.97. The summed E-state index contributed by atoms with van der Waals surface area (Å²) in [5.41, 5.74) is 0.790. The van der Waals surface area contributed by atoms with Crippen LogP contribution in [0.5, 0.6) is 5.75 Å². The smallest absolute Gasteiger partial charge is 0.387 e. The van der Waals surface area contributed by atoms with Gasteiger partial charge in [-0.3, -0.25) is 0 Å². The second-order valence-electron chi connectivity index (χ2n) is 2.97. The normalized spacial score (nSPS) is 10.6. The molecule has 2 nitrogen and oxygen atoms in total. The van der Waals surface area contributed by atoms with Gasteiger partial charge < -0.3 is 9.30 Å². The van der Waals surface area contributed by atoms with Crippen molar-refractivity contribution in [2.75, 3.05) is 0 Å². The Bertz CT molecular complexity index is 426. The van der Waals surface area contributed by atoms with Gasteiger partial charge in [-0.25, -0.2) is 0 Å². The van der Waals surface area contributed by atoms with Crippen LogP contribution >= 0.6 is 0 Å². The third-order valence-electron chi connectivity index (χ3n) is 1.95. The number of hydrogen-bond donors (Lipinski definition) is 0. The van der Waals surface area contributed by atoms with Crippen molar-refractivity contribution in [3.63, 3.8) is 0 Å². The molecule has 0 radical (unpaired) electrons. The maximum absolute atomic E-state index is 12.0. The van der Waals surface area contributed by atoms with E-state index in [1.54, 1.807) is 12.1 Å². The number of rotatable bonds is 3. The third kappa shape index (κ3) is 2.34. The summed E-state index contributed by atoms with van der Waals surface area (Å²) in [6.07, 6.45) is 3.67. The molecule has 0 atom stereocenters. The summed E-state index contributed by atoms with van der Waals surface area (Å²) in [4.78, 5) is 0. The minimum Gasteiger partial charge on any atom is -0.435 e. The molecule has 0 saturated carbocycles. The highest BCUT2D eigenvalue weighted by Gasteiger charge is 2.04. The van der Waals surface area contributed by atoms with Crippen LogP contribution in [0, 0.1) is 0 Å². The van der Waals surface area contributed by atoms with Crippen LogP contribution in [-0.2, 0) is 0 Å². The van der Waals surface area contributed by atoms with Gasteiger partial charge in [-0.15, -0.1) is 0 Å². The molecule has 2 rings (SSSR count). The Kier molecular flexibility index (Phi) is 2.67. The molecule has 0 spiro atoms. The van der Waals surface area contributed by atoms with Crippen LogP contribution in [-0.4, -0.2) is 11.2 Å². The summed E-state index contributed by atoms with van der Waals surface area (Å²) < 4.78 is 30.1. The maximum atomic E-state index is 12.0. The third-order valence-corrected chi connectivity index (χ3v) is 1.95. The van der Waals surface area contributed by atoms with Gasteiger partial charge in [-0.2, -0.15) is 8.78 Å². The van der Waals surface area contributed by atoms with Crippen LogP contribution in [0.1, 0.15) is 0 Å². The van der Waals surface area contributed by atoms with Crippen molar-refractivity contribution < 1.29 is 13.5 Å². The number of hydrogen-bond acceptors (Lipinski definition) is 1. The molecular weight excluding hydrogens is 200 g/mol. The Morgan fingerprint density at radius 3 is 2.47 bits per heavy atom. The van der Waals surface area contributed by atoms with E-state index in [1.165, 1.54) is 6.07 Å². The van der Waals surface area contributed by atoms with Crippen LogP contribution in [0.2, 0.25) is 0 Å². The fraction of sp³-hybridized carbons (Fsp3) is 0.0909. The summed E-state index contributed by atoms with van der Waals surface area (Å²) in [5.74, 6) is 0.163. The largest absolute Gasteiger partial charge is 0.435 e. The summed E-state index contributed by atoms with van der Waals surface area (Å²) in [6.45, 7) is -2.79. The molecular formula is C11H9F2NO. The van der Waals surface area contributed by atoms with E-state index in [2.05, 4.69) is 4.74 Å². The molecule has 1 aromatic heterocycles. The Balaban J connectivity index is 2.27. The first-order valence-corrected chi connectivity index (χ1v) is 4.44. The average Bonchev–Trinajstić information content (AvgIpc) is 2.69. The molecule has 0 amide bonds. The first-order valence-electron chi connectivity index (χ1n) is 4.44. The summed E-state index contributed by atoms with van der Waals surface area (Å²) >= 11 is 0. The molecule has 0 bridgehead atoms. The summed E-state index contributed by atoms with van der Waals surface area (Å²) in [7, 11) is 0. The first kappa shape index (κ1) is 9.71. The van der Waals surface area contributed by atoms with E-state index < -0.39 is 6.61 Å². The molecule has 1 aromatic carbocycles. The van der Waals surface area contributed by atoms with E-state index in [9.17, 15) is 8.78 Å². The summed E-state index contributed by atoms with van der Waals surface area (Å²) in [6, 6.07) is 10.3. The van der Waals surface area contributed by atoms with Crippen molar-refractivity contribution in [2.24, 2.45) is 0 Å². The maximum Gasteiger partial charge on any atom is 0.387 e. The van der Waals surface area contributed by atoms with Crippen molar-refractivity contribution in [2.45, 2.75) is 6.61 Å². The highest BCUT2D eigenvalue weighted by molar-refractivity contribution is 5.39. The molecule has 0 saturated heterocycles. The predicted octanol–water partition coefficient (Wildman–Crippen LogP) is 3.08. The average molecular weight is 209 g/mol. The van der Waals surface area contributed by atoms with Crippen LogP contribution in [0.3, 0.4) is 0 Å². The minimum atomic E-state index is -2.79. The lowest BCUT2D eigenvalue weighted by atomic mass is 10.3. The van der Waals surface area contributed by atoms with Gasteiger partial charge in [0.15, 0.2) is 0 Å².